The summed E-state index contributed by atoms with van der Waals surface area (Å²) >= 11 is 6.23. The molecule has 1 amide bonds. The smallest absolute Gasteiger partial charge is 0.261 e. The Morgan fingerprint density at radius 2 is 1.51 bits per heavy atom. The summed E-state index contributed by atoms with van der Waals surface area (Å²) in [5.41, 5.74) is 2.70. The molecule has 0 aliphatic carbocycles. The van der Waals surface area contributed by atoms with Crippen molar-refractivity contribution in [3.8, 4) is 11.1 Å². The van der Waals surface area contributed by atoms with Crippen LogP contribution in [0.1, 0.15) is 6.42 Å². The Balaban J connectivity index is 1.13. The molecule has 0 radical (unpaired) electrons. The SMILES string of the molecule is NOCCOCCOCCOCCC(=O)N1CCN(c2cnc3ccc(-c4cnc(Cl)c(NS(=O)(=O)c5ccc(F)cc5)c4)cc3n2)CC1. The summed E-state index contributed by atoms with van der Waals surface area (Å²) < 4.78 is 57.7. The molecule has 1 aliphatic heterocycles. The van der Waals surface area contributed by atoms with Crippen LogP contribution in [0.15, 0.2) is 65.8 Å². The zero-order chi connectivity index (χ0) is 34.6. The molecule has 3 N–H and O–H groups in total. The zero-order valence-corrected chi connectivity index (χ0v) is 28.2. The highest BCUT2D eigenvalue weighted by Crippen LogP contribution is 2.30. The van der Waals surface area contributed by atoms with E-state index in [9.17, 15) is 17.6 Å². The lowest BCUT2D eigenvalue weighted by Gasteiger charge is -2.35. The monoisotopic (exact) mass is 717 g/mol. The van der Waals surface area contributed by atoms with Crippen molar-refractivity contribution in [2.45, 2.75) is 11.3 Å². The fraction of sp³-hybridized carbons (Fsp3) is 0.375. The number of carbonyl (C=O) groups is 1. The van der Waals surface area contributed by atoms with E-state index >= 15 is 0 Å². The number of amides is 1. The Morgan fingerprint density at radius 1 is 0.837 bits per heavy atom. The molecule has 17 heteroatoms. The van der Waals surface area contributed by atoms with Gasteiger partial charge in [0.25, 0.3) is 10.0 Å². The molecule has 0 bridgehead atoms. The van der Waals surface area contributed by atoms with Gasteiger partial charge in [-0.3, -0.25) is 14.5 Å². The first-order valence-corrected chi connectivity index (χ1v) is 17.4. The first kappa shape index (κ1) is 36.3. The van der Waals surface area contributed by atoms with E-state index in [-0.39, 0.29) is 28.1 Å². The standard InChI is InChI=1S/C32H37ClFN7O7S/c33-32-29(39-49(43,44)26-4-2-25(34)3-5-26)20-24(21-37-32)23-1-6-27-28(19-23)38-30(22-36-27)40-8-10-41(11-9-40)31(42)7-12-45-13-14-46-15-16-47-17-18-48-35/h1-6,19-22,39H,7-18,35H2. The number of fused-ring (bicyclic) bond motifs is 1. The molecule has 2 aromatic carbocycles. The van der Waals surface area contributed by atoms with Gasteiger partial charge in [0.2, 0.25) is 5.91 Å². The predicted molar refractivity (Wildman–Crippen MR) is 181 cm³/mol. The molecule has 2 aromatic heterocycles. The largest absolute Gasteiger partial charge is 0.379 e. The van der Waals surface area contributed by atoms with Crippen LogP contribution in [0.4, 0.5) is 15.9 Å². The van der Waals surface area contributed by atoms with Crippen LogP contribution in [0.3, 0.4) is 0 Å². The molecule has 14 nitrogen and oxygen atoms in total. The fourth-order valence-electron chi connectivity index (χ4n) is 4.98. The number of hydrogen-bond acceptors (Lipinski definition) is 12. The van der Waals surface area contributed by atoms with Gasteiger partial charge in [0, 0.05) is 37.9 Å². The quantitative estimate of drug-likeness (QED) is 0.0930. The molecule has 1 saturated heterocycles. The summed E-state index contributed by atoms with van der Waals surface area (Å²) in [6.45, 7) is 5.02. The molecule has 1 fully saturated rings. The van der Waals surface area contributed by atoms with E-state index in [1.807, 2.05) is 23.1 Å². The van der Waals surface area contributed by atoms with Crippen molar-refractivity contribution in [3.63, 3.8) is 0 Å². The number of ether oxygens (including phenoxy) is 3. The lowest BCUT2D eigenvalue weighted by atomic mass is 10.1. The normalized spacial score (nSPS) is 13.6. The number of nitrogens with zero attached hydrogens (tertiary/aromatic N) is 5. The Morgan fingerprint density at radius 3 is 2.20 bits per heavy atom. The van der Waals surface area contributed by atoms with Crippen LogP contribution in [-0.2, 0) is 33.9 Å². The molecule has 4 aromatic rings. The number of pyridine rings is 1. The van der Waals surface area contributed by atoms with E-state index in [2.05, 4.69) is 24.4 Å². The van der Waals surface area contributed by atoms with Gasteiger partial charge in [0.15, 0.2) is 5.15 Å². The average Bonchev–Trinajstić information content (AvgIpc) is 3.11. The molecular weight excluding hydrogens is 681 g/mol. The maximum absolute atomic E-state index is 13.3. The lowest BCUT2D eigenvalue weighted by molar-refractivity contribution is -0.132. The van der Waals surface area contributed by atoms with Gasteiger partial charge in [0.05, 0.1) is 80.5 Å². The Hall–Kier alpha value is -4.03. The van der Waals surface area contributed by atoms with Crippen LogP contribution in [0.5, 0.6) is 0 Å². The predicted octanol–water partition coefficient (Wildman–Crippen LogP) is 3.26. The third kappa shape index (κ3) is 10.2. The van der Waals surface area contributed by atoms with E-state index in [1.54, 1.807) is 12.3 Å². The van der Waals surface area contributed by atoms with E-state index in [0.29, 0.717) is 94.8 Å². The van der Waals surface area contributed by atoms with Gasteiger partial charge in [0.1, 0.15) is 11.6 Å². The van der Waals surface area contributed by atoms with Gasteiger partial charge in [-0.25, -0.2) is 28.7 Å². The molecule has 262 valence electrons. The van der Waals surface area contributed by atoms with Crippen molar-refractivity contribution in [1.29, 1.82) is 0 Å². The number of anilines is 2. The number of rotatable bonds is 17. The number of carbonyl (C=O) groups excluding carboxylic acids is 1. The molecule has 0 saturated carbocycles. The third-order valence-electron chi connectivity index (χ3n) is 7.58. The second kappa shape index (κ2) is 17.6. The molecule has 0 atom stereocenters. The molecule has 0 spiro atoms. The molecular formula is C32H37ClFN7O7S. The van der Waals surface area contributed by atoms with Crippen molar-refractivity contribution in [2.24, 2.45) is 5.90 Å². The lowest BCUT2D eigenvalue weighted by Crippen LogP contribution is -2.49. The molecule has 3 heterocycles. The molecule has 49 heavy (non-hydrogen) atoms. The van der Waals surface area contributed by atoms with Gasteiger partial charge < -0.3 is 28.8 Å². The summed E-state index contributed by atoms with van der Waals surface area (Å²) in [6.07, 6.45) is 3.53. The van der Waals surface area contributed by atoms with Crippen LogP contribution in [0.25, 0.3) is 22.2 Å². The fourth-order valence-corrected chi connectivity index (χ4v) is 6.24. The van der Waals surface area contributed by atoms with Crippen LogP contribution >= 0.6 is 11.6 Å². The summed E-state index contributed by atoms with van der Waals surface area (Å²) in [5, 5.41) is -0.0411. The highest BCUT2D eigenvalue weighted by Gasteiger charge is 2.22. The summed E-state index contributed by atoms with van der Waals surface area (Å²) in [6, 6.07) is 11.5. The number of nitrogens with one attached hydrogen (secondary N) is 1. The van der Waals surface area contributed by atoms with Crippen molar-refractivity contribution in [3.05, 3.63) is 71.9 Å². The third-order valence-corrected chi connectivity index (χ3v) is 9.26. The maximum atomic E-state index is 13.3. The van der Waals surface area contributed by atoms with Crippen molar-refractivity contribution in [1.82, 2.24) is 19.9 Å². The van der Waals surface area contributed by atoms with E-state index in [4.69, 9.17) is 36.7 Å². The van der Waals surface area contributed by atoms with E-state index in [0.717, 1.165) is 29.8 Å². The summed E-state index contributed by atoms with van der Waals surface area (Å²) in [4.78, 5) is 34.5. The molecule has 1 aliphatic rings. The minimum atomic E-state index is -4.04. The van der Waals surface area contributed by atoms with Gasteiger partial charge in [-0.1, -0.05) is 17.7 Å². The van der Waals surface area contributed by atoms with Gasteiger partial charge in [-0.15, -0.1) is 0 Å². The minimum absolute atomic E-state index is 0.0289. The van der Waals surface area contributed by atoms with Gasteiger partial charge >= 0.3 is 0 Å². The van der Waals surface area contributed by atoms with E-state index in [1.165, 1.54) is 6.20 Å². The number of piperazine rings is 1. The second-order valence-electron chi connectivity index (χ2n) is 10.9. The summed E-state index contributed by atoms with van der Waals surface area (Å²) in [5.74, 6) is 5.08. The van der Waals surface area contributed by atoms with Gasteiger partial charge in [-0.2, -0.15) is 0 Å². The van der Waals surface area contributed by atoms with Crippen molar-refractivity contribution < 1.29 is 36.7 Å². The Kier molecular flexibility index (Phi) is 13.0. The number of sulfonamides is 1. The zero-order valence-electron chi connectivity index (χ0n) is 26.6. The van der Waals surface area contributed by atoms with Crippen LogP contribution in [0, 0.1) is 5.82 Å². The van der Waals surface area contributed by atoms with Crippen LogP contribution < -0.4 is 15.5 Å². The highest BCUT2D eigenvalue weighted by molar-refractivity contribution is 7.92. The highest BCUT2D eigenvalue weighted by atomic mass is 35.5. The Bertz CT molecular complexity index is 1810. The number of benzene rings is 2. The minimum Gasteiger partial charge on any atom is -0.379 e. The van der Waals surface area contributed by atoms with Crippen LogP contribution in [-0.4, -0.2) is 107 Å². The summed E-state index contributed by atoms with van der Waals surface area (Å²) in [7, 11) is -4.04. The Labute approximate surface area is 288 Å². The van der Waals surface area contributed by atoms with Gasteiger partial charge in [-0.05, 0) is 48.0 Å². The topological polar surface area (TPSA) is 171 Å². The second-order valence-corrected chi connectivity index (χ2v) is 12.9. The van der Waals surface area contributed by atoms with Crippen LogP contribution in [0.2, 0.25) is 5.15 Å². The number of hydrogen-bond donors (Lipinski definition) is 2. The maximum Gasteiger partial charge on any atom is 0.261 e. The van der Waals surface area contributed by atoms with Crippen molar-refractivity contribution in [2.75, 3.05) is 82.0 Å². The van der Waals surface area contributed by atoms with Crippen molar-refractivity contribution >= 4 is 50.1 Å². The number of aromatic nitrogens is 3. The number of halogens is 2. The average molecular weight is 718 g/mol. The molecule has 0 unspecified atom stereocenters. The van der Waals surface area contributed by atoms with E-state index < -0.39 is 15.8 Å². The first-order valence-electron chi connectivity index (χ1n) is 15.5. The molecule has 5 rings (SSSR count). The first-order chi connectivity index (χ1) is 23.7. The number of nitrogens with two attached hydrogens (primary N) is 1.